The van der Waals surface area contributed by atoms with Crippen molar-refractivity contribution in [2.45, 2.75) is 26.1 Å². The van der Waals surface area contributed by atoms with E-state index in [4.69, 9.17) is 18.9 Å². The second-order valence-corrected chi connectivity index (χ2v) is 6.11. The standard InChI is InChI=1S/C18H21NO6/c1-12-8-19(9-13(2)25-12)17(20)10-22-18(21)6-4-14-3-5-15-16(7-14)24-11-23-15/h3-7,12-13H,8-11H2,1-2H3/b6-4+/t12-,13+. The van der Waals surface area contributed by atoms with Gasteiger partial charge in [-0.3, -0.25) is 4.79 Å². The molecule has 1 aromatic rings. The van der Waals surface area contributed by atoms with Gasteiger partial charge in [-0.1, -0.05) is 6.07 Å². The van der Waals surface area contributed by atoms with E-state index in [1.807, 2.05) is 13.8 Å². The molecule has 1 aromatic carbocycles. The molecule has 0 bridgehead atoms. The third-order valence-electron chi connectivity index (χ3n) is 3.92. The van der Waals surface area contributed by atoms with Gasteiger partial charge in [-0.05, 0) is 37.6 Å². The number of carbonyl (C=O) groups excluding carboxylic acids is 2. The maximum Gasteiger partial charge on any atom is 0.331 e. The Morgan fingerprint density at radius 3 is 2.68 bits per heavy atom. The van der Waals surface area contributed by atoms with Crippen LogP contribution in [-0.4, -0.2) is 55.5 Å². The van der Waals surface area contributed by atoms with Crippen molar-refractivity contribution in [3.63, 3.8) is 0 Å². The highest BCUT2D eigenvalue weighted by Crippen LogP contribution is 2.32. The Morgan fingerprint density at radius 1 is 1.20 bits per heavy atom. The van der Waals surface area contributed by atoms with E-state index in [2.05, 4.69) is 0 Å². The van der Waals surface area contributed by atoms with Crippen molar-refractivity contribution in [2.24, 2.45) is 0 Å². The molecule has 0 aliphatic carbocycles. The monoisotopic (exact) mass is 347 g/mol. The third kappa shape index (κ3) is 4.51. The Hall–Kier alpha value is -2.54. The molecule has 25 heavy (non-hydrogen) atoms. The van der Waals surface area contributed by atoms with E-state index in [1.54, 1.807) is 29.2 Å². The first-order chi connectivity index (χ1) is 12.0. The van der Waals surface area contributed by atoms with Crippen molar-refractivity contribution in [2.75, 3.05) is 26.5 Å². The number of nitrogens with zero attached hydrogens (tertiary/aromatic N) is 1. The lowest BCUT2D eigenvalue weighted by Crippen LogP contribution is -2.49. The van der Waals surface area contributed by atoms with Crippen LogP contribution in [0.1, 0.15) is 19.4 Å². The van der Waals surface area contributed by atoms with E-state index < -0.39 is 5.97 Å². The average molecular weight is 347 g/mol. The van der Waals surface area contributed by atoms with Gasteiger partial charge in [-0.25, -0.2) is 4.79 Å². The molecule has 0 spiro atoms. The van der Waals surface area contributed by atoms with Crippen LogP contribution < -0.4 is 9.47 Å². The highest BCUT2D eigenvalue weighted by atomic mass is 16.7. The molecular formula is C18H21NO6. The van der Waals surface area contributed by atoms with Gasteiger partial charge in [0.2, 0.25) is 6.79 Å². The smallest absolute Gasteiger partial charge is 0.331 e. The van der Waals surface area contributed by atoms with Crippen LogP contribution in [0.15, 0.2) is 24.3 Å². The van der Waals surface area contributed by atoms with Crippen LogP contribution in [0, 0.1) is 0 Å². The number of carbonyl (C=O) groups is 2. The molecule has 0 N–H and O–H groups in total. The highest BCUT2D eigenvalue weighted by molar-refractivity contribution is 5.89. The van der Waals surface area contributed by atoms with E-state index in [0.29, 0.717) is 24.6 Å². The molecule has 0 radical (unpaired) electrons. The summed E-state index contributed by atoms with van der Waals surface area (Å²) in [7, 11) is 0. The second kappa shape index (κ2) is 7.57. The van der Waals surface area contributed by atoms with E-state index >= 15 is 0 Å². The Kier molecular flexibility index (Phi) is 5.23. The lowest BCUT2D eigenvalue weighted by atomic mass is 10.2. The first-order valence-corrected chi connectivity index (χ1v) is 8.19. The summed E-state index contributed by atoms with van der Waals surface area (Å²) in [5.74, 6) is 0.535. The van der Waals surface area contributed by atoms with Crippen LogP contribution in [-0.2, 0) is 19.1 Å². The molecule has 7 nitrogen and oxygen atoms in total. The van der Waals surface area contributed by atoms with Gasteiger partial charge in [0, 0.05) is 19.2 Å². The van der Waals surface area contributed by atoms with Gasteiger partial charge < -0.3 is 23.8 Å². The molecule has 2 aliphatic heterocycles. The van der Waals surface area contributed by atoms with Crippen molar-refractivity contribution in [3.8, 4) is 11.5 Å². The fraction of sp³-hybridized carbons (Fsp3) is 0.444. The van der Waals surface area contributed by atoms with Gasteiger partial charge >= 0.3 is 5.97 Å². The molecule has 1 fully saturated rings. The van der Waals surface area contributed by atoms with Crippen LogP contribution in [0.3, 0.4) is 0 Å². The highest BCUT2D eigenvalue weighted by Gasteiger charge is 2.26. The largest absolute Gasteiger partial charge is 0.454 e. The minimum absolute atomic E-state index is 0.0192. The van der Waals surface area contributed by atoms with Crippen LogP contribution in [0.2, 0.25) is 0 Å². The van der Waals surface area contributed by atoms with E-state index in [1.165, 1.54) is 6.08 Å². The summed E-state index contributed by atoms with van der Waals surface area (Å²) < 4.78 is 21.1. The van der Waals surface area contributed by atoms with E-state index in [9.17, 15) is 9.59 Å². The molecule has 7 heteroatoms. The molecule has 2 aliphatic rings. The molecular weight excluding hydrogens is 326 g/mol. The minimum atomic E-state index is -0.569. The number of benzene rings is 1. The Labute approximate surface area is 146 Å². The average Bonchev–Trinajstić information content (AvgIpc) is 3.04. The summed E-state index contributed by atoms with van der Waals surface area (Å²) in [5, 5.41) is 0. The number of ether oxygens (including phenoxy) is 4. The van der Waals surface area contributed by atoms with Crippen molar-refractivity contribution in [1.29, 1.82) is 0 Å². The Morgan fingerprint density at radius 2 is 1.92 bits per heavy atom. The van der Waals surface area contributed by atoms with Crippen LogP contribution >= 0.6 is 0 Å². The molecule has 134 valence electrons. The van der Waals surface area contributed by atoms with Gasteiger partial charge in [0.25, 0.3) is 5.91 Å². The van der Waals surface area contributed by atoms with E-state index in [0.717, 1.165) is 5.56 Å². The van der Waals surface area contributed by atoms with Crippen LogP contribution in [0.4, 0.5) is 0 Å². The summed E-state index contributed by atoms with van der Waals surface area (Å²) in [6, 6.07) is 5.35. The molecule has 3 rings (SSSR count). The summed E-state index contributed by atoms with van der Waals surface area (Å²) in [6.45, 7) is 4.77. The second-order valence-electron chi connectivity index (χ2n) is 6.11. The minimum Gasteiger partial charge on any atom is -0.454 e. The maximum absolute atomic E-state index is 12.1. The van der Waals surface area contributed by atoms with Gasteiger partial charge in [0.1, 0.15) is 0 Å². The summed E-state index contributed by atoms with van der Waals surface area (Å²) in [4.78, 5) is 25.6. The van der Waals surface area contributed by atoms with E-state index in [-0.39, 0.29) is 31.5 Å². The molecule has 0 unspecified atom stereocenters. The van der Waals surface area contributed by atoms with Crippen molar-refractivity contribution in [3.05, 3.63) is 29.8 Å². The van der Waals surface area contributed by atoms with Gasteiger partial charge in [0.15, 0.2) is 18.1 Å². The van der Waals surface area contributed by atoms with Gasteiger partial charge in [-0.2, -0.15) is 0 Å². The zero-order chi connectivity index (χ0) is 17.8. The maximum atomic E-state index is 12.1. The summed E-state index contributed by atoms with van der Waals surface area (Å²) in [6.07, 6.45) is 2.85. The lowest BCUT2D eigenvalue weighted by molar-refractivity contribution is -0.154. The Balaban J connectivity index is 1.48. The number of fused-ring (bicyclic) bond motifs is 1. The van der Waals surface area contributed by atoms with Crippen LogP contribution in [0.25, 0.3) is 6.08 Å². The zero-order valence-electron chi connectivity index (χ0n) is 14.3. The first kappa shape index (κ1) is 17.3. The van der Waals surface area contributed by atoms with Crippen molar-refractivity contribution >= 4 is 18.0 Å². The van der Waals surface area contributed by atoms with Gasteiger partial charge in [0.05, 0.1) is 12.2 Å². The molecule has 1 saturated heterocycles. The summed E-state index contributed by atoms with van der Waals surface area (Å²) in [5.41, 5.74) is 0.781. The number of rotatable bonds is 4. The molecule has 0 aromatic heterocycles. The number of amides is 1. The summed E-state index contributed by atoms with van der Waals surface area (Å²) >= 11 is 0. The number of hydrogen-bond donors (Lipinski definition) is 0. The Bertz CT molecular complexity index is 676. The predicted molar refractivity (Wildman–Crippen MR) is 89.1 cm³/mol. The van der Waals surface area contributed by atoms with Gasteiger partial charge in [-0.15, -0.1) is 0 Å². The fourth-order valence-corrected chi connectivity index (χ4v) is 2.83. The van der Waals surface area contributed by atoms with Crippen molar-refractivity contribution in [1.82, 2.24) is 4.90 Å². The first-order valence-electron chi connectivity index (χ1n) is 8.19. The lowest BCUT2D eigenvalue weighted by Gasteiger charge is -2.35. The molecule has 2 heterocycles. The zero-order valence-corrected chi connectivity index (χ0v) is 14.3. The quantitative estimate of drug-likeness (QED) is 0.608. The molecule has 2 atom stereocenters. The number of morpholine rings is 1. The topological polar surface area (TPSA) is 74.3 Å². The third-order valence-corrected chi connectivity index (χ3v) is 3.92. The normalized spacial score (nSPS) is 22.2. The molecule has 0 saturated carbocycles. The van der Waals surface area contributed by atoms with Crippen molar-refractivity contribution < 1.29 is 28.5 Å². The fourth-order valence-electron chi connectivity index (χ4n) is 2.83. The number of esters is 1. The SMILES string of the molecule is C[C@@H]1CN(C(=O)COC(=O)/C=C/c2ccc3c(c2)OCO3)C[C@H](C)O1. The van der Waals surface area contributed by atoms with Crippen LogP contribution in [0.5, 0.6) is 11.5 Å². The predicted octanol–water partition coefficient (Wildman–Crippen LogP) is 1.61. The number of hydrogen-bond acceptors (Lipinski definition) is 6. The molecule has 1 amide bonds.